The molecule has 1 atom stereocenters. The lowest BCUT2D eigenvalue weighted by Gasteiger charge is -2.31. The quantitative estimate of drug-likeness (QED) is 0.239. The minimum absolute atomic E-state index is 0.0502. The first kappa shape index (κ1) is 28.8. The van der Waals surface area contributed by atoms with Crippen LogP contribution in [0.3, 0.4) is 0 Å². The molecule has 3 heterocycles. The zero-order valence-corrected chi connectivity index (χ0v) is 24.5. The fourth-order valence-corrected chi connectivity index (χ4v) is 6.25. The second-order valence-corrected chi connectivity index (χ2v) is 11.4. The number of aryl methyl sites for hydroxylation is 1. The molecule has 6 rings (SSSR count). The van der Waals surface area contributed by atoms with Crippen LogP contribution in [0.15, 0.2) is 74.9 Å². The van der Waals surface area contributed by atoms with E-state index in [0.717, 1.165) is 77.7 Å². The van der Waals surface area contributed by atoms with Gasteiger partial charge >= 0.3 is 5.76 Å². The van der Waals surface area contributed by atoms with Crippen LogP contribution in [0.25, 0.3) is 28.2 Å². The van der Waals surface area contributed by atoms with Crippen LogP contribution in [0.4, 0.5) is 0 Å². The first-order chi connectivity index (χ1) is 20.9. The lowest BCUT2D eigenvalue weighted by Crippen LogP contribution is -2.35. The molecule has 2 aromatic carbocycles. The van der Waals surface area contributed by atoms with E-state index in [4.69, 9.17) is 9.26 Å². The molecule has 10 heteroatoms. The van der Waals surface area contributed by atoms with Crippen LogP contribution in [0.1, 0.15) is 68.8 Å². The van der Waals surface area contributed by atoms with Crippen LogP contribution in [-0.2, 0) is 17.6 Å². The molecular formula is C33H37N5O5. The van der Waals surface area contributed by atoms with E-state index in [1.807, 2.05) is 51.5 Å². The number of aliphatic hydroxyl groups excluding tert-OH is 1. The summed E-state index contributed by atoms with van der Waals surface area (Å²) in [6.45, 7) is 4.19. The average Bonchev–Trinajstić information content (AvgIpc) is 3.68. The van der Waals surface area contributed by atoms with Crippen LogP contribution in [0, 0.1) is 0 Å². The summed E-state index contributed by atoms with van der Waals surface area (Å²) in [5.74, 6) is -0.217. The van der Waals surface area contributed by atoms with E-state index in [9.17, 15) is 14.7 Å². The van der Waals surface area contributed by atoms with Gasteiger partial charge in [-0.1, -0.05) is 67.0 Å². The van der Waals surface area contributed by atoms with Crippen LogP contribution >= 0.6 is 0 Å². The van der Waals surface area contributed by atoms with Gasteiger partial charge < -0.3 is 9.84 Å². The molecule has 0 bridgehead atoms. The smallest absolute Gasteiger partial charge is 0.391 e. The van der Waals surface area contributed by atoms with E-state index in [2.05, 4.69) is 34.3 Å². The first-order valence-corrected chi connectivity index (χ1v) is 15.1. The molecule has 0 saturated heterocycles. The van der Waals surface area contributed by atoms with Crippen LogP contribution in [0.2, 0.25) is 0 Å². The van der Waals surface area contributed by atoms with Gasteiger partial charge in [-0.25, -0.2) is 9.31 Å². The van der Waals surface area contributed by atoms with E-state index in [-0.39, 0.29) is 17.7 Å². The summed E-state index contributed by atoms with van der Waals surface area (Å²) >= 11 is 0. The number of H-pyrrole nitrogens is 1. The number of hydrogen-bond acceptors (Lipinski definition) is 7. The van der Waals surface area contributed by atoms with E-state index >= 15 is 0 Å². The highest BCUT2D eigenvalue weighted by molar-refractivity contribution is 5.80. The standard InChI is InChI=1S/C33H37N5O5/c1-3-6-29-28(19-22-9-11-23(12-10-22)26-7-4-5-8-27(26)31-35-33(41)43-36-31)32(40)37(30-17-18-34-38(29)30)24-13-15-25(16-14-24)42-20-21(2)39/h4-5,7-12,17-18,21,24-25,39H,3,6,13-16,19-20H2,1-2H3,(H,35,36,41)/t21?,24-,25-. The number of benzene rings is 2. The molecule has 0 amide bonds. The van der Waals surface area contributed by atoms with Crippen LogP contribution in [0.5, 0.6) is 0 Å². The zero-order valence-electron chi connectivity index (χ0n) is 24.5. The number of aliphatic hydroxyl groups is 1. The Kier molecular flexibility index (Phi) is 8.40. The molecule has 0 aliphatic heterocycles. The number of hydrogen-bond donors (Lipinski definition) is 2. The highest BCUT2D eigenvalue weighted by atomic mass is 16.5. The van der Waals surface area contributed by atoms with Crippen molar-refractivity contribution in [1.82, 2.24) is 24.3 Å². The molecule has 0 radical (unpaired) electrons. The maximum atomic E-state index is 14.3. The average molecular weight is 584 g/mol. The summed E-state index contributed by atoms with van der Waals surface area (Å²) in [5, 5.41) is 18.1. The normalized spacial score (nSPS) is 17.8. The van der Waals surface area contributed by atoms with Crippen LogP contribution in [-0.4, -0.2) is 48.2 Å². The van der Waals surface area contributed by atoms with Crippen molar-refractivity contribution >= 4 is 5.65 Å². The van der Waals surface area contributed by atoms with Gasteiger partial charge in [-0.05, 0) is 55.7 Å². The number of fused-ring (bicyclic) bond motifs is 1. The van der Waals surface area contributed by atoms with Crippen LogP contribution < -0.4 is 11.3 Å². The molecule has 1 aliphatic rings. The summed E-state index contributed by atoms with van der Waals surface area (Å²) in [6.07, 6.45) is 6.92. The Morgan fingerprint density at radius 3 is 2.47 bits per heavy atom. The molecule has 1 saturated carbocycles. The number of nitrogens with one attached hydrogen (secondary N) is 1. The number of aromatic nitrogens is 5. The van der Waals surface area contributed by atoms with Gasteiger partial charge in [-0.15, -0.1) is 0 Å². The summed E-state index contributed by atoms with van der Waals surface area (Å²) in [4.78, 5) is 28.5. The van der Waals surface area contributed by atoms with Crippen molar-refractivity contribution in [3.05, 3.63) is 98.5 Å². The van der Waals surface area contributed by atoms with Gasteiger partial charge in [0, 0.05) is 29.7 Å². The van der Waals surface area contributed by atoms with Crippen molar-refractivity contribution in [2.75, 3.05) is 6.61 Å². The summed E-state index contributed by atoms with van der Waals surface area (Å²) in [6, 6.07) is 17.9. The number of nitrogens with zero attached hydrogens (tertiary/aromatic N) is 4. The molecule has 0 spiro atoms. The molecule has 1 fully saturated rings. The third-order valence-electron chi connectivity index (χ3n) is 8.29. The Balaban J connectivity index is 1.31. The monoisotopic (exact) mass is 583 g/mol. The Morgan fingerprint density at radius 1 is 1.05 bits per heavy atom. The van der Waals surface area contributed by atoms with Gasteiger partial charge in [0.2, 0.25) is 0 Å². The number of rotatable bonds is 10. The van der Waals surface area contributed by atoms with Crippen molar-refractivity contribution in [1.29, 1.82) is 0 Å². The molecule has 43 heavy (non-hydrogen) atoms. The zero-order chi connectivity index (χ0) is 29.9. The predicted octanol–water partition coefficient (Wildman–Crippen LogP) is 4.93. The van der Waals surface area contributed by atoms with Gasteiger partial charge in [-0.2, -0.15) is 5.10 Å². The van der Waals surface area contributed by atoms with Crippen molar-refractivity contribution in [3.63, 3.8) is 0 Å². The Bertz CT molecular complexity index is 1810. The number of ether oxygens (including phenoxy) is 1. The fraction of sp³-hybridized carbons (Fsp3) is 0.394. The lowest BCUT2D eigenvalue weighted by molar-refractivity contribution is -0.0232. The van der Waals surface area contributed by atoms with Gasteiger partial charge in [0.25, 0.3) is 5.56 Å². The largest absolute Gasteiger partial charge is 0.439 e. The predicted molar refractivity (Wildman–Crippen MR) is 163 cm³/mol. The molecule has 3 aromatic heterocycles. The Labute approximate surface area is 248 Å². The van der Waals surface area contributed by atoms with Gasteiger partial charge in [0.1, 0.15) is 5.65 Å². The van der Waals surface area contributed by atoms with Gasteiger partial charge in [-0.3, -0.25) is 18.9 Å². The van der Waals surface area contributed by atoms with Gasteiger partial charge in [0.15, 0.2) is 5.82 Å². The van der Waals surface area contributed by atoms with E-state index in [1.54, 1.807) is 13.1 Å². The van der Waals surface area contributed by atoms with Crippen molar-refractivity contribution in [2.45, 2.75) is 77.0 Å². The maximum Gasteiger partial charge on any atom is 0.439 e. The highest BCUT2D eigenvalue weighted by Crippen LogP contribution is 2.32. The highest BCUT2D eigenvalue weighted by Gasteiger charge is 2.27. The lowest BCUT2D eigenvalue weighted by atomic mass is 9.92. The SMILES string of the molecule is CCCc1c(Cc2ccc(-c3ccccc3-c3noc(=O)[nH]3)cc2)c(=O)n([C@H]2CC[C@H](OCC(C)O)CC2)c2ccnn12. The van der Waals surface area contributed by atoms with Crippen molar-refractivity contribution in [2.24, 2.45) is 0 Å². The summed E-state index contributed by atoms with van der Waals surface area (Å²) < 4.78 is 14.5. The molecular weight excluding hydrogens is 546 g/mol. The second-order valence-electron chi connectivity index (χ2n) is 11.4. The molecule has 1 unspecified atom stereocenters. The maximum absolute atomic E-state index is 14.3. The van der Waals surface area contributed by atoms with Gasteiger partial charge in [0.05, 0.1) is 30.7 Å². The minimum atomic E-state index is -0.597. The molecule has 5 aromatic rings. The van der Waals surface area contributed by atoms with E-state index in [0.29, 0.717) is 18.9 Å². The molecule has 10 nitrogen and oxygen atoms in total. The molecule has 1 aliphatic carbocycles. The third-order valence-corrected chi connectivity index (χ3v) is 8.29. The second kappa shape index (κ2) is 12.5. The number of aromatic amines is 1. The summed E-state index contributed by atoms with van der Waals surface area (Å²) in [5.41, 5.74) is 6.30. The van der Waals surface area contributed by atoms with E-state index < -0.39 is 11.9 Å². The van der Waals surface area contributed by atoms with Crippen molar-refractivity contribution in [3.8, 4) is 22.5 Å². The topological polar surface area (TPSA) is 128 Å². The Hall–Kier alpha value is -4.28. The molecule has 2 N–H and O–H groups in total. The summed E-state index contributed by atoms with van der Waals surface area (Å²) in [7, 11) is 0. The van der Waals surface area contributed by atoms with E-state index in [1.165, 1.54) is 0 Å². The third kappa shape index (κ3) is 5.98. The van der Waals surface area contributed by atoms with Crippen molar-refractivity contribution < 1.29 is 14.4 Å². The Morgan fingerprint density at radius 2 is 1.79 bits per heavy atom. The minimum Gasteiger partial charge on any atom is -0.391 e. The molecule has 224 valence electrons. The first-order valence-electron chi connectivity index (χ1n) is 15.1. The fourth-order valence-electron chi connectivity index (χ4n) is 6.25.